The van der Waals surface area contributed by atoms with E-state index < -0.39 is 0 Å². The van der Waals surface area contributed by atoms with Gasteiger partial charge in [-0.25, -0.2) is 4.98 Å². The molecule has 5 aromatic rings. The number of thioether (sulfide) groups is 1. The lowest BCUT2D eigenvalue weighted by Crippen LogP contribution is -2.10. The number of H-pyrrole nitrogens is 1. The second kappa shape index (κ2) is 8.84. The highest BCUT2D eigenvalue weighted by atomic mass is 32.2. The zero-order valence-corrected chi connectivity index (χ0v) is 19.8. The lowest BCUT2D eigenvalue weighted by molar-refractivity contribution is 0.411. The van der Waals surface area contributed by atoms with Crippen LogP contribution in [0.5, 0.6) is 5.75 Å². The Hall–Kier alpha value is -3.43. The van der Waals surface area contributed by atoms with Gasteiger partial charge in [-0.1, -0.05) is 53.7 Å². The number of rotatable bonds is 6. The van der Waals surface area contributed by atoms with Crippen LogP contribution in [0.3, 0.4) is 0 Å². The van der Waals surface area contributed by atoms with Gasteiger partial charge < -0.3 is 14.1 Å². The molecule has 0 aliphatic carbocycles. The maximum absolute atomic E-state index is 13.0. The molecule has 3 heterocycles. The summed E-state index contributed by atoms with van der Waals surface area (Å²) in [4.78, 5) is 22.4. The van der Waals surface area contributed by atoms with Crippen molar-refractivity contribution in [2.75, 3.05) is 7.11 Å². The third-order valence-corrected chi connectivity index (χ3v) is 7.03. The predicted molar refractivity (Wildman–Crippen MR) is 131 cm³/mol. The zero-order valence-electron chi connectivity index (χ0n) is 18.2. The average Bonchev–Trinajstić information content (AvgIpc) is 3.42. The van der Waals surface area contributed by atoms with Crippen LogP contribution in [0.2, 0.25) is 0 Å². The number of aryl methyl sites for hydroxylation is 2. The molecular formula is C24H20N4O3S2. The maximum Gasteiger partial charge on any atom is 0.277 e. The number of hydrogen-bond donors (Lipinski definition) is 1. The number of aromatic nitrogens is 4. The molecule has 0 spiro atoms. The normalized spacial score (nSPS) is 11.2. The number of thiophene rings is 1. The highest BCUT2D eigenvalue weighted by Crippen LogP contribution is 2.36. The van der Waals surface area contributed by atoms with Crippen LogP contribution in [0.15, 0.2) is 63.0 Å². The fraction of sp³-hybridized carbons (Fsp3) is 0.167. The molecule has 3 aromatic heterocycles. The minimum atomic E-state index is -0.143. The van der Waals surface area contributed by atoms with E-state index in [9.17, 15) is 4.79 Å². The second-order valence-corrected chi connectivity index (χ2v) is 9.58. The summed E-state index contributed by atoms with van der Waals surface area (Å²) in [6, 6.07) is 15.6. The van der Waals surface area contributed by atoms with Crippen molar-refractivity contribution < 1.29 is 9.15 Å². The number of benzene rings is 2. The molecule has 0 aliphatic heterocycles. The van der Waals surface area contributed by atoms with Gasteiger partial charge in [-0.2, -0.15) is 0 Å². The Morgan fingerprint density at radius 3 is 2.67 bits per heavy atom. The monoisotopic (exact) mass is 476 g/mol. The number of nitrogens with one attached hydrogen (secondary N) is 1. The Morgan fingerprint density at radius 1 is 1.09 bits per heavy atom. The molecule has 0 amide bonds. The van der Waals surface area contributed by atoms with Crippen molar-refractivity contribution in [2.45, 2.75) is 24.8 Å². The summed E-state index contributed by atoms with van der Waals surface area (Å²) in [7, 11) is 1.60. The molecule has 7 nitrogen and oxygen atoms in total. The second-order valence-electron chi connectivity index (χ2n) is 7.45. The molecule has 5 rings (SSSR count). The molecule has 33 heavy (non-hydrogen) atoms. The largest absolute Gasteiger partial charge is 0.496 e. The van der Waals surface area contributed by atoms with Gasteiger partial charge in [0, 0.05) is 10.4 Å². The van der Waals surface area contributed by atoms with E-state index in [0.29, 0.717) is 33.8 Å². The summed E-state index contributed by atoms with van der Waals surface area (Å²) in [5.41, 5.74) is 3.73. The molecule has 0 fully saturated rings. The van der Waals surface area contributed by atoms with E-state index in [0.717, 1.165) is 26.4 Å². The highest BCUT2D eigenvalue weighted by molar-refractivity contribution is 7.98. The lowest BCUT2D eigenvalue weighted by Gasteiger charge is -2.03. The number of ether oxygens (including phenoxy) is 1. The van der Waals surface area contributed by atoms with Gasteiger partial charge in [0.15, 0.2) is 0 Å². The predicted octanol–water partition coefficient (Wildman–Crippen LogP) is 5.62. The van der Waals surface area contributed by atoms with Gasteiger partial charge in [0.05, 0.1) is 23.8 Å². The van der Waals surface area contributed by atoms with E-state index >= 15 is 0 Å². The van der Waals surface area contributed by atoms with E-state index in [1.165, 1.54) is 28.7 Å². The van der Waals surface area contributed by atoms with Gasteiger partial charge in [0.2, 0.25) is 0 Å². The summed E-state index contributed by atoms with van der Waals surface area (Å²) in [5.74, 6) is 2.00. The first-order chi connectivity index (χ1) is 16.0. The van der Waals surface area contributed by atoms with Crippen molar-refractivity contribution >= 4 is 33.3 Å². The Labute approximate surface area is 197 Å². The van der Waals surface area contributed by atoms with E-state index in [1.807, 2.05) is 50.2 Å². The third kappa shape index (κ3) is 4.17. The highest BCUT2D eigenvalue weighted by Gasteiger charge is 2.18. The minimum Gasteiger partial charge on any atom is -0.496 e. The first-order valence-electron chi connectivity index (χ1n) is 10.2. The fourth-order valence-electron chi connectivity index (χ4n) is 3.63. The van der Waals surface area contributed by atoms with Gasteiger partial charge in [0.25, 0.3) is 16.7 Å². The molecular weight excluding hydrogens is 456 g/mol. The van der Waals surface area contributed by atoms with Gasteiger partial charge in [-0.3, -0.25) is 4.79 Å². The van der Waals surface area contributed by atoms with Crippen LogP contribution in [-0.4, -0.2) is 27.3 Å². The van der Waals surface area contributed by atoms with Crippen LogP contribution in [0.25, 0.3) is 32.8 Å². The number of fused-ring (bicyclic) bond motifs is 1. The van der Waals surface area contributed by atoms with Gasteiger partial charge in [-0.15, -0.1) is 21.5 Å². The topological polar surface area (TPSA) is 93.9 Å². The lowest BCUT2D eigenvalue weighted by atomic mass is 10.0. The van der Waals surface area contributed by atoms with Crippen molar-refractivity contribution in [2.24, 2.45) is 0 Å². The molecule has 0 radical (unpaired) electrons. The molecule has 2 aromatic carbocycles. The first-order valence-corrected chi connectivity index (χ1v) is 12.0. The van der Waals surface area contributed by atoms with E-state index in [-0.39, 0.29) is 5.56 Å². The summed E-state index contributed by atoms with van der Waals surface area (Å²) in [6.45, 7) is 4.07. The van der Waals surface area contributed by atoms with Gasteiger partial charge >= 0.3 is 0 Å². The molecule has 0 aliphatic rings. The number of nitrogens with zero attached hydrogens (tertiary/aromatic N) is 3. The SMILES string of the molecule is COc1ccccc1-c1nnc(SCc2nc3sc(C)c(-c4ccc(C)cc4)c3c(=O)[nH]2)o1. The van der Waals surface area contributed by atoms with Crippen molar-refractivity contribution in [1.82, 2.24) is 20.2 Å². The van der Waals surface area contributed by atoms with E-state index in [1.54, 1.807) is 7.11 Å². The zero-order chi connectivity index (χ0) is 22.9. The number of hydrogen-bond acceptors (Lipinski definition) is 8. The first kappa shape index (κ1) is 21.4. The molecule has 0 unspecified atom stereocenters. The van der Waals surface area contributed by atoms with Crippen LogP contribution in [-0.2, 0) is 5.75 Å². The van der Waals surface area contributed by atoms with Gasteiger partial charge in [0.1, 0.15) is 16.4 Å². The molecule has 166 valence electrons. The van der Waals surface area contributed by atoms with Crippen LogP contribution >= 0.6 is 23.1 Å². The van der Waals surface area contributed by atoms with E-state index in [2.05, 4.69) is 27.3 Å². The summed E-state index contributed by atoms with van der Waals surface area (Å²) in [6.07, 6.45) is 0. The maximum atomic E-state index is 13.0. The van der Waals surface area contributed by atoms with Crippen molar-refractivity contribution in [3.8, 4) is 28.3 Å². The molecule has 9 heteroatoms. The van der Waals surface area contributed by atoms with Crippen molar-refractivity contribution in [3.05, 3.63) is 75.1 Å². The van der Waals surface area contributed by atoms with Crippen LogP contribution < -0.4 is 10.3 Å². The standard InChI is InChI=1S/C24H20N4O3S2/c1-13-8-10-15(11-9-13)19-14(2)33-23-20(19)21(29)25-18(26-23)12-32-24-28-27-22(31-24)16-6-4-5-7-17(16)30-3/h4-11H,12H2,1-3H3,(H,25,26,29). The molecule has 0 saturated heterocycles. The number of para-hydroxylation sites is 1. The fourth-order valence-corrected chi connectivity index (χ4v) is 5.33. The Morgan fingerprint density at radius 2 is 1.88 bits per heavy atom. The summed E-state index contributed by atoms with van der Waals surface area (Å²) < 4.78 is 11.1. The summed E-state index contributed by atoms with van der Waals surface area (Å²) >= 11 is 2.85. The molecule has 1 N–H and O–H groups in total. The van der Waals surface area contributed by atoms with Crippen LogP contribution in [0, 0.1) is 13.8 Å². The molecule has 0 bridgehead atoms. The third-order valence-electron chi connectivity index (χ3n) is 5.20. The Bertz CT molecular complexity index is 1500. The van der Waals surface area contributed by atoms with Crippen molar-refractivity contribution in [1.29, 1.82) is 0 Å². The van der Waals surface area contributed by atoms with Crippen LogP contribution in [0.1, 0.15) is 16.3 Å². The molecule has 0 atom stereocenters. The Balaban J connectivity index is 1.40. The average molecular weight is 477 g/mol. The number of aromatic amines is 1. The van der Waals surface area contributed by atoms with Crippen LogP contribution in [0.4, 0.5) is 0 Å². The molecule has 0 saturated carbocycles. The van der Waals surface area contributed by atoms with Crippen molar-refractivity contribution in [3.63, 3.8) is 0 Å². The number of methoxy groups -OCH3 is 1. The summed E-state index contributed by atoms with van der Waals surface area (Å²) in [5, 5.41) is 9.25. The quantitative estimate of drug-likeness (QED) is 0.318. The minimum absolute atomic E-state index is 0.143. The smallest absolute Gasteiger partial charge is 0.277 e. The van der Waals surface area contributed by atoms with E-state index in [4.69, 9.17) is 14.1 Å². The Kier molecular flexibility index (Phi) is 5.74. The van der Waals surface area contributed by atoms with Gasteiger partial charge in [-0.05, 0) is 31.5 Å².